The van der Waals surface area contributed by atoms with Crippen molar-refractivity contribution >= 4 is 28.7 Å². The number of nitrogens with two attached hydrogens (primary N) is 1. The number of urea groups is 1. The molecule has 0 aliphatic heterocycles. The van der Waals surface area contributed by atoms with Crippen LogP contribution in [0.15, 0.2) is 36.9 Å². The van der Waals surface area contributed by atoms with Gasteiger partial charge >= 0.3 is 6.03 Å². The van der Waals surface area contributed by atoms with Crippen molar-refractivity contribution in [3.05, 3.63) is 42.5 Å². The van der Waals surface area contributed by atoms with E-state index < -0.39 is 0 Å². The molecule has 0 saturated heterocycles. The summed E-state index contributed by atoms with van der Waals surface area (Å²) in [5.74, 6) is 0.662. The lowest BCUT2D eigenvalue weighted by Gasteiger charge is -2.26. The third kappa shape index (κ3) is 7.63. The van der Waals surface area contributed by atoms with Gasteiger partial charge in [-0.05, 0) is 42.5 Å². The third-order valence-electron chi connectivity index (χ3n) is 6.21. The monoisotopic (exact) mass is 496 g/mol. The van der Waals surface area contributed by atoms with E-state index in [0.717, 1.165) is 30.8 Å². The number of methoxy groups -OCH3 is 1. The summed E-state index contributed by atoms with van der Waals surface area (Å²) < 4.78 is 7.69. The molecular weight excluding hydrogens is 456 g/mol. The maximum Gasteiger partial charge on any atom is 0.319 e. The number of likely N-dealkylation sites (N-methyl/N-ethyl adjacent to an activating group) is 1. The summed E-state index contributed by atoms with van der Waals surface area (Å²) in [7, 11) is 3.80. The van der Waals surface area contributed by atoms with E-state index in [1.807, 2.05) is 16.7 Å². The zero-order chi connectivity index (χ0) is 26.3. The minimum atomic E-state index is -0.195. The van der Waals surface area contributed by atoms with Crippen LogP contribution in [0.2, 0.25) is 0 Å². The number of nitrogens with zero attached hydrogens (tertiary/aromatic N) is 5. The second-order valence-corrected chi connectivity index (χ2v) is 10.5. The number of ether oxygens (including phenoxy) is 1. The topological polar surface area (TPSA) is 123 Å². The van der Waals surface area contributed by atoms with Crippen molar-refractivity contribution in [2.45, 2.75) is 52.2 Å². The Kier molecular flexibility index (Phi) is 9.22. The number of amides is 2. The normalized spacial score (nSPS) is 13.6. The molecule has 196 valence electrons. The quantitative estimate of drug-likeness (QED) is 0.371. The number of nitrogens with one attached hydrogen (secondary N) is 2. The second kappa shape index (κ2) is 12.1. The van der Waals surface area contributed by atoms with Crippen molar-refractivity contribution in [3.63, 3.8) is 0 Å². The Morgan fingerprint density at radius 2 is 1.89 bits per heavy atom. The molecule has 1 aromatic carbocycles. The Bertz CT molecular complexity index is 1120. The predicted molar refractivity (Wildman–Crippen MR) is 144 cm³/mol. The Hall–Kier alpha value is -3.24. The lowest BCUT2D eigenvalue weighted by atomic mass is 9.87. The van der Waals surface area contributed by atoms with Gasteiger partial charge in [-0.15, -0.1) is 0 Å². The van der Waals surface area contributed by atoms with E-state index in [0.29, 0.717) is 24.4 Å². The number of hydrogen-bond donors (Lipinski definition) is 3. The van der Waals surface area contributed by atoms with Crippen LogP contribution in [0.5, 0.6) is 0 Å². The highest BCUT2D eigenvalue weighted by Gasteiger charge is 2.16. The van der Waals surface area contributed by atoms with Crippen molar-refractivity contribution in [1.82, 2.24) is 29.7 Å². The number of imidazole rings is 1. The van der Waals surface area contributed by atoms with Gasteiger partial charge in [-0.1, -0.05) is 39.8 Å². The smallest absolute Gasteiger partial charge is 0.319 e. The van der Waals surface area contributed by atoms with Gasteiger partial charge in [-0.2, -0.15) is 0 Å². The van der Waals surface area contributed by atoms with E-state index in [4.69, 9.17) is 10.5 Å². The van der Waals surface area contributed by atoms with Gasteiger partial charge in [0.2, 0.25) is 0 Å². The van der Waals surface area contributed by atoms with Crippen molar-refractivity contribution in [2.75, 3.05) is 44.8 Å². The van der Waals surface area contributed by atoms with Crippen LogP contribution in [0.4, 0.5) is 16.3 Å². The third-order valence-corrected chi connectivity index (χ3v) is 6.21. The molecule has 10 heteroatoms. The fourth-order valence-corrected chi connectivity index (χ4v) is 4.14. The Morgan fingerprint density at radius 1 is 1.17 bits per heavy atom. The highest BCUT2D eigenvalue weighted by atomic mass is 16.5. The van der Waals surface area contributed by atoms with Crippen LogP contribution in [0.3, 0.4) is 0 Å². The number of hydrogen-bond acceptors (Lipinski definition) is 7. The molecule has 2 unspecified atom stereocenters. The summed E-state index contributed by atoms with van der Waals surface area (Å²) in [6.45, 7) is 11.5. The van der Waals surface area contributed by atoms with Gasteiger partial charge in [0, 0.05) is 39.0 Å². The van der Waals surface area contributed by atoms with Gasteiger partial charge in [0.05, 0.1) is 12.4 Å². The first-order valence-corrected chi connectivity index (χ1v) is 12.3. The van der Waals surface area contributed by atoms with Crippen LogP contribution in [0.1, 0.15) is 39.7 Å². The molecule has 10 nitrogen and oxygen atoms in total. The molecule has 0 fully saturated rings. The predicted octanol–water partition coefficient (Wildman–Crippen LogP) is 3.50. The molecule has 0 spiro atoms. The average Bonchev–Trinajstić information content (AvgIpc) is 3.24. The van der Waals surface area contributed by atoms with Gasteiger partial charge in [0.1, 0.15) is 11.8 Å². The molecule has 2 aromatic heterocycles. The molecule has 0 aliphatic carbocycles. The first-order valence-electron chi connectivity index (χ1n) is 12.3. The maximum atomic E-state index is 12.3. The number of benzene rings is 1. The average molecular weight is 497 g/mol. The number of aromatic nitrogens is 4. The summed E-state index contributed by atoms with van der Waals surface area (Å²) in [5.41, 5.74) is 9.33. The summed E-state index contributed by atoms with van der Waals surface area (Å²) >= 11 is 0. The van der Waals surface area contributed by atoms with E-state index in [2.05, 4.69) is 77.4 Å². The molecule has 0 radical (unpaired) electrons. The van der Waals surface area contributed by atoms with Crippen LogP contribution in [0.25, 0.3) is 11.2 Å². The minimum absolute atomic E-state index is 0.0474. The molecule has 0 saturated carbocycles. The maximum absolute atomic E-state index is 12.3. The molecule has 4 N–H and O–H groups in total. The van der Waals surface area contributed by atoms with E-state index in [-0.39, 0.29) is 23.5 Å². The molecular formula is C26H40N8O2. The first kappa shape index (κ1) is 27.3. The number of fused-ring (bicyclic) bond motifs is 1. The van der Waals surface area contributed by atoms with Crippen LogP contribution >= 0.6 is 0 Å². The van der Waals surface area contributed by atoms with Gasteiger partial charge in [-0.3, -0.25) is 0 Å². The number of aryl methyl sites for hydroxylation is 1. The summed E-state index contributed by atoms with van der Waals surface area (Å²) in [6, 6.07) is 7.79. The number of nitrogen functional groups attached to an aromatic ring is 1. The van der Waals surface area contributed by atoms with Gasteiger partial charge in [-0.25, -0.2) is 19.7 Å². The molecule has 36 heavy (non-hydrogen) atoms. The Balaban J connectivity index is 1.40. The number of carbonyl (C=O) groups is 1. The zero-order valence-electron chi connectivity index (χ0n) is 22.3. The Morgan fingerprint density at radius 3 is 2.56 bits per heavy atom. The highest BCUT2D eigenvalue weighted by Crippen LogP contribution is 2.23. The van der Waals surface area contributed by atoms with Gasteiger partial charge in [0.15, 0.2) is 11.5 Å². The fourth-order valence-electron chi connectivity index (χ4n) is 4.14. The van der Waals surface area contributed by atoms with Crippen molar-refractivity contribution in [3.8, 4) is 0 Å². The largest absolute Gasteiger partial charge is 0.382 e. The van der Waals surface area contributed by atoms with Gasteiger partial charge in [0.25, 0.3) is 0 Å². The number of anilines is 2. The lowest BCUT2D eigenvalue weighted by molar-refractivity contribution is 0.0591. The number of carbonyl (C=O) groups excluding carboxylic acids is 1. The SMILES string of the molecule is COC(CCn1cnc2c(N)ncnc21)CN(C)CC(C)CNC(=O)Nc1ccc(C(C)(C)C)cc1. The zero-order valence-corrected chi connectivity index (χ0v) is 22.3. The molecule has 2 heterocycles. The van der Waals surface area contributed by atoms with Crippen LogP contribution in [-0.2, 0) is 16.7 Å². The van der Waals surface area contributed by atoms with Crippen molar-refractivity contribution in [2.24, 2.45) is 5.92 Å². The van der Waals surface area contributed by atoms with Crippen molar-refractivity contribution < 1.29 is 9.53 Å². The highest BCUT2D eigenvalue weighted by molar-refractivity contribution is 5.89. The molecule has 0 bridgehead atoms. The summed E-state index contributed by atoms with van der Waals surface area (Å²) in [5, 5.41) is 5.88. The van der Waals surface area contributed by atoms with E-state index >= 15 is 0 Å². The minimum Gasteiger partial charge on any atom is -0.382 e. The van der Waals surface area contributed by atoms with Crippen LogP contribution in [-0.4, -0.2) is 70.3 Å². The Labute approximate surface area is 213 Å². The van der Waals surface area contributed by atoms with Crippen molar-refractivity contribution in [1.29, 1.82) is 0 Å². The lowest BCUT2D eigenvalue weighted by Crippen LogP contribution is -2.39. The van der Waals surface area contributed by atoms with Crippen LogP contribution < -0.4 is 16.4 Å². The van der Waals surface area contributed by atoms with Gasteiger partial charge < -0.3 is 30.6 Å². The first-order chi connectivity index (χ1) is 17.1. The van der Waals surface area contributed by atoms with E-state index in [1.165, 1.54) is 11.9 Å². The standard InChI is InChI=1S/C26H40N8O2/c1-18(13-28-25(35)32-20-9-7-19(8-10-20)26(2,3)4)14-33(5)15-21(36-6)11-12-34-17-31-22-23(27)29-16-30-24(22)34/h7-10,16-18,21H,11-15H2,1-6H3,(H2,27,29,30)(H2,28,32,35). The molecule has 3 aromatic rings. The molecule has 2 amide bonds. The van der Waals surface area contributed by atoms with Crippen LogP contribution in [0, 0.1) is 5.92 Å². The summed E-state index contributed by atoms with van der Waals surface area (Å²) in [4.78, 5) is 27.2. The molecule has 0 aliphatic rings. The summed E-state index contributed by atoms with van der Waals surface area (Å²) in [6.07, 6.45) is 4.05. The van der Waals surface area contributed by atoms with E-state index in [1.54, 1.807) is 13.4 Å². The second-order valence-electron chi connectivity index (χ2n) is 10.5. The molecule has 3 rings (SSSR count). The van der Waals surface area contributed by atoms with E-state index in [9.17, 15) is 4.79 Å². The molecule has 2 atom stereocenters. The fraction of sp³-hybridized carbons (Fsp3) is 0.538. The number of rotatable bonds is 11.